The van der Waals surface area contributed by atoms with E-state index in [4.69, 9.17) is 4.42 Å². The highest BCUT2D eigenvalue weighted by Gasteiger charge is 2.21. The molecule has 3 heterocycles. The molecule has 8 nitrogen and oxygen atoms in total. The van der Waals surface area contributed by atoms with Crippen molar-refractivity contribution in [2.75, 3.05) is 43.4 Å². The van der Waals surface area contributed by atoms with E-state index in [0.29, 0.717) is 16.8 Å². The second-order valence-electron chi connectivity index (χ2n) is 7.07. The van der Waals surface area contributed by atoms with Gasteiger partial charge in [-0.1, -0.05) is 12.1 Å². The van der Waals surface area contributed by atoms with Crippen LogP contribution >= 0.6 is 0 Å². The van der Waals surface area contributed by atoms with Crippen LogP contribution in [0.1, 0.15) is 13.0 Å². The third-order valence-electron chi connectivity index (χ3n) is 5.13. The molecule has 0 saturated carbocycles. The first-order valence-corrected chi connectivity index (χ1v) is 9.33. The zero-order chi connectivity index (χ0) is 19.7. The van der Waals surface area contributed by atoms with Gasteiger partial charge in [0.25, 0.3) is 0 Å². The largest absolute Gasteiger partial charge is 0.420 e. The molecule has 146 valence electrons. The fraction of sp³-hybridized carbons (Fsp3) is 0.350. The van der Waals surface area contributed by atoms with E-state index in [1.165, 1.54) is 4.57 Å². The summed E-state index contributed by atoms with van der Waals surface area (Å²) >= 11 is 0. The molecule has 4 rings (SSSR count). The van der Waals surface area contributed by atoms with Crippen LogP contribution in [-0.2, 0) is 4.79 Å². The number of aromatic nitrogens is 2. The minimum absolute atomic E-state index is 0.303. The van der Waals surface area contributed by atoms with Crippen LogP contribution in [0.3, 0.4) is 0 Å². The average molecular weight is 381 g/mol. The molecule has 2 aromatic heterocycles. The van der Waals surface area contributed by atoms with Crippen LogP contribution in [0, 0.1) is 0 Å². The molecule has 1 fully saturated rings. The van der Waals surface area contributed by atoms with Crippen molar-refractivity contribution in [1.82, 2.24) is 14.5 Å². The Balaban J connectivity index is 1.47. The van der Waals surface area contributed by atoms with Gasteiger partial charge in [0.05, 0.1) is 17.4 Å². The molecule has 1 atom stereocenters. The first-order valence-electron chi connectivity index (χ1n) is 9.33. The Morgan fingerprint density at radius 3 is 2.61 bits per heavy atom. The molecule has 1 saturated heterocycles. The Hall–Kier alpha value is -3.13. The second-order valence-corrected chi connectivity index (χ2v) is 7.07. The lowest BCUT2D eigenvalue weighted by Crippen LogP contribution is -2.44. The molecule has 0 aliphatic carbocycles. The maximum atomic E-state index is 12.7. The van der Waals surface area contributed by atoms with Crippen LogP contribution < -0.4 is 16.0 Å². The number of piperazine rings is 1. The number of likely N-dealkylation sites (N-methyl/N-ethyl adjacent to an activating group) is 1. The van der Waals surface area contributed by atoms with Gasteiger partial charge in [-0.3, -0.25) is 9.36 Å². The zero-order valence-electron chi connectivity index (χ0n) is 16.0. The fourth-order valence-electron chi connectivity index (χ4n) is 3.40. The van der Waals surface area contributed by atoms with Gasteiger partial charge in [0, 0.05) is 26.2 Å². The number of oxazole rings is 1. The summed E-state index contributed by atoms with van der Waals surface area (Å²) in [7, 11) is 2.11. The summed E-state index contributed by atoms with van der Waals surface area (Å²) in [4.78, 5) is 33.8. The number of nitrogens with zero attached hydrogens (tertiary/aromatic N) is 4. The molecule has 0 unspecified atom stereocenters. The Labute approximate surface area is 162 Å². The van der Waals surface area contributed by atoms with E-state index in [9.17, 15) is 9.59 Å². The highest BCUT2D eigenvalue weighted by molar-refractivity contribution is 5.94. The number of pyridine rings is 1. The molecular formula is C20H23N5O3. The minimum Gasteiger partial charge on any atom is -0.408 e. The first kappa shape index (κ1) is 18.2. The molecule has 1 aromatic carbocycles. The number of rotatable bonds is 4. The van der Waals surface area contributed by atoms with Gasteiger partial charge in [-0.2, -0.15) is 0 Å². The van der Waals surface area contributed by atoms with E-state index < -0.39 is 11.8 Å². The summed E-state index contributed by atoms with van der Waals surface area (Å²) in [6.07, 6.45) is 1.65. The third-order valence-corrected chi connectivity index (χ3v) is 5.13. The van der Waals surface area contributed by atoms with Crippen LogP contribution in [0.4, 0.5) is 11.5 Å². The molecule has 8 heteroatoms. The lowest BCUT2D eigenvalue weighted by atomic mass is 10.2. The van der Waals surface area contributed by atoms with E-state index >= 15 is 0 Å². The molecule has 3 aromatic rings. The number of carbonyl (C=O) groups excluding carboxylic acids is 1. The topological polar surface area (TPSA) is 83.6 Å². The number of fused-ring (bicyclic) bond motifs is 1. The lowest BCUT2D eigenvalue weighted by Gasteiger charge is -2.33. The Kier molecular flexibility index (Phi) is 4.87. The second kappa shape index (κ2) is 7.47. The highest BCUT2D eigenvalue weighted by atomic mass is 16.4. The standard InChI is InChI=1S/C20H23N5O3/c1-14(25-16-5-3-4-6-17(16)28-20(25)27)19(26)22-15-7-8-18(21-13-15)24-11-9-23(2)10-12-24/h3-8,13-14H,9-12H2,1-2H3,(H,22,26)/t14-/m1/s1. The van der Waals surface area contributed by atoms with Gasteiger partial charge < -0.3 is 19.5 Å². The van der Waals surface area contributed by atoms with Crippen LogP contribution in [0.2, 0.25) is 0 Å². The fourth-order valence-corrected chi connectivity index (χ4v) is 3.40. The number of anilines is 2. The summed E-state index contributed by atoms with van der Waals surface area (Å²) in [6.45, 7) is 5.55. The number of amides is 1. The first-order chi connectivity index (χ1) is 13.5. The normalized spacial score (nSPS) is 16.3. The molecular weight excluding hydrogens is 358 g/mol. The lowest BCUT2D eigenvalue weighted by molar-refractivity contribution is -0.118. The molecule has 0 bridgehead atoms. The van der Waals surface area contributed by atoms with E-state index in [2.05, 4.69) is 27.1 Å². The van der Waals surface area contributed by atoms with Gasteiger partial charge in [0.2, 0.25) is 5.91 Å². The molecule has 0 radical (unpaired) electrons. The number of carbonyl (C=O) groups is 1. The summed E-state index contributed by atoms with van der Waals surface area (Å²) in [5.41, 5.74) is 1.65. The molecule has 1 aliphatic heterocycles. The third kappa shape index (κ3) is 3.50. The van der Waals surface area contributed by atoms with E-state index in [0.717, 1.165) is 32.0 Å². The van der Waals surface area contributed by atoms with Crippen molar-refractivity contribution in [2.24, 2.45) is 0 Å². The van der Waals surface area contributed by atoms with E-state index in [-0.39, 0.29) is 5.91 Å². The van der Waals surface area contributed by atoms with E-state index in [1.54, 1.807) is 37.4 Å². The van der Waals surface area contributed by atoms with Crippen LogP contribution in [-0.4, -0.2) is 53.6 Å². The van der Waals surface area contributed by atoms with Gasteiger partial charge >= 0.3 is 5.76 Å². The molecule has 28 heavy (non-hydrogen) atoms. The Morgan fingerprint density at radius 2 is 1.89 bits per heavy atom. The summed E-state index contributed by atoms with van der Waals surface area (Å²) in [6, 6.07) is 10.1. The Morgan fingerprint density at radius 1 is 1.14 bits per heavy atom. The van der Waals surface area contributed by atoms with Crippen LogP contribution in [0.25, 0.3) is 11.1 Å². The smallest absolute Gasteiger partial charge is 0.408 e. The number of nitrogens with one attached hydrogen (secondary N) is 1. The van der Waals surface area contributed by atoms with Gasteiger partial charge in [0.1, 0.15) is 11.9 Å². The van der Waals surface area contributed by atoms with Crippen molar-refractivity contribution in [3.63, 3.8) is 0 Å². The summed E-state index contributed by atoms with van der Waals surface area (Å²) in [5, 5.41) is 2.83. The minimum atomic E-state index is -0.714. The van der Waals surface area contributed by atoms with Crippen molar-refractivity contribution >= 4 is 28.5 Å². The maximum absolute atomic E-state index is 12.7. The van der Waals surface area contributed by atoms with Gasteiger partial charge in [-0.25, -0.2) is 9.78 Å². The summed E-state index contributed by atoms with van der Waals surface area (Å²) < 4.78 is 6.57. The highest BCUT2D eigenvalue weighted by Crippen LogP contribution is 2.19. The molecule has 1 amide bonds. The monoisotopic (exact) mass is 381 g/mol. The van der Waals surface area contributed by atoms with Crippen molar-refractivity contribution in [3.05, 3.63) is 53.1 Å². The Bertz CT molecular complexity index is 1030. The quantitative estimate of drug-likeness (QED) is 0.744. The van der Waals surface area contributed by atoms with Gasteiger partial charge in [-0.15, -0.1) is 0 Å². The van der Waals surface area contributed by atoms with Gasteiger partial charge in [0.15, 0.2) is 5.58 Å². The van der Waals surface area contributed by atoms with Crippen molar-refractivity contribution < 1.29 is 9.21 Å². The van der Waals surface area contributed by atoms with Crippen molar-refractivity contribution in [3.8, 4) is 0 Å². The van der Waals surface area contributed by atoms with Crippen molar-refractivity contribution in [1.29, 1.82) is 0 Å². The zero-order valence-corrected chi connectivity index (χ0v) is 16.0. The molecule has 1 aliphatic rings. The number of para-hydroxylation sites is 2. The maximum Gasteiger partial charge on any atom is 0.420 e. The average Bonchev–Trinajstić information content (AvgIpc) is 3.04. The summed E-state index contributed by atoms with van der Waals surface area (Å²) in [5.74, 6) is 0.0476. The predicted molar refractivity (Wildman–Crippen MR) is 108 cm³/mol. The van der Waals surface area contributed by atoms with Crippen LogP contribution in [0.5, 0.6) is 0 Å². The number of hydrogen-bond donors (Lipinski definition) is 1. The SMILES string of the molecule is C[C@H](C(=O)Nc1ccc(N2CCN(C)CC2)nc1)n1c(=O)oc2ccccc21. The predicted octanol–water partition coefficient (Wildman–Crippen LogP) is 1.94. The van der Waals surface area contributed by atoms with Gasteiger partial charge in [-0.05, 0) is 38.2 Å². The molecule has 0 spiro atoms. The van der Waals surface area contributed by atoms with E-state index in [1.807, 2.05) is 12.1 Å². The molecule has 1 N–H and O–H groups in total. The number of hydrogen-bond acceptors (Lipinski definition) is 6. The number of benzene rings is 1. The van der Waals surface area contributed by atoms with Crippen molar-refractivity contribution in [2.45, 2.75) is 13.0 Å². The van der Waals surface area contributed by atoms with Crippen LogP contribution in [0.15, 0.2) is 51.8 Å².